The van der Waals surface area contributed by atoms with Crippen LogP contribution in [0.15, 0.2) is 86.0 Å². The Bertz CT molecular complexity index is 1770. The Kier molecular flexibility index (Phi) is 23.4. The van der Waals surface area contributed by atoms with Crippen molar-refractivity contribution >= 4 is 30.0 Å². The van der Waals surface area contributed by atoms with Gasteiger partial charge in [-0.2, -0.15) is 5.26 Å². The minimum absolute atomic E-state index is 0.00176. The summed E-state index contributed by atoms with van der Waals surface area (Å²) in [6.45, 7) is 35.4. The first kappa shape index (κ1) is 56.4. The number of ether oxygens (including phenoxy) is 4. The van der Waals surface area contributed by atoms with Crippen molar-refractivity contribution in [2.24, 2.45) is 29.6 Å². The lowest BCUT2D eigenvalue weighted by atomic mass is 9.54. The van der Waals surface area contributed by atoms with Crippen LogP contribution in [0.3, 0.4) is 0 Å². The summed E-state index contributed by atoms with van der Waals surface area (Å²) in [5, 5.41) is 10.9. The quantitative estimate of drug-likeness (QED) is 0.0987. The number of carbonyl (C=O) groups excluding carboxylic acids is 4. The van der Waals surface area contributed by atoms with E-state index >= 15 is 0 Å². The zero-order valence-corrected chi connectivity index (χ0v) is 41.4. The molecule has 0 radical (unpaired) electrons. The van der Waals surface area contributed by atoms with E-state index in [-0.39, 0.29) is 52.8 Å². The third kappa shape index (κ3) is 20.5. The smallest absolute Gasteiger partial charge is 0.333 e. The molecule has 7 fully saturated rings. The van der Waals surface area contributed by atoms with Crippen LogP contribution in [0.4, 0.5) is 0 Å². The Hall–Kier alpha value is -4.75. The van der Waals surface area contributed by atoms with E-state index in [1.807, 2.05) is 43.3 Å². The highest BCUT2D eigenvalue weighted by Gasteiger charge is 2.53. The summed E-state index contributed by atoms with van der Waals surface area (Å²) in [6, 6.07) is 11.8. The number of piperidine rings is 1. The maximum absolute atomic E-state index is 11.7. The molecule has 10 nitrogen and oxygen atoms in total. The van der Waals surface area contributed by atoms with E-state index in [2.05, 4.69) is 70.6 Å². The Morgan fingerprint density at radius 1 is 0.738 bits per heavy atom. The molecule has 3 unspecified atom stereocenters. The van der Waals surface area contributed by atoms with E-state index < -0.39 is 0 Å². The third-order valence-corrected chi connectivity index (χ3v) is 12.6. The highest BCUT2D eigenvalue weighted by atomic mass is 16.6. The van der Waals surface area contributed by atoms with Gasteiger partial charge in [-0.1, -0.05) is 82.6 Å². The predicted molar refractivity (Wildman–Crippen MR) is 261 cm³/mol. The Labute approximate surface area is 392 Å². The molecule has 1 aromatic carbocycles. The van der Waals surface area contributed by atoms with Gasteiger partial charge in [-0.05, 0) is 154 Å². The van der Waals surface area contributed by atoms with Crippen LogP contribution in [0.1, 0.15) is 158 Å². The number of nitrogens with one attached hydrogen (secondary N) is 1. The number of rotatable bonds is 11. The molecule has 1 heterocycles. The molecular weight excluding hydrogens is 817 g/mol. The first-order valence-corrected chi connectivity index (χ1v) is 23.7. The lowest BCUT2D eigenvalue weighted by Gasteiger charge is -2.55. The molecule has 10 heteroatoms. The normalized spacial score (nSPS) is 26.4. The van der Waals surface area contributed by atoms with Crippen molar-refractivity contribution in [2.45, 2.75) is 181 Å². The summed E-state index contributed by atoms with van der Waals surface area (Å²) in [5.41, 5.74) is 2.59. The van der Waals surface area contributed by atoms with Crippen molar-refractivity contribution in [1.29, 1.82) is 5.26 Å². The molecular formula is C55H82N2O8. The summed E-state index contributed by atoms with van der Waals surface area (Å²) in [5.74, 6) is 2.94. The van der Waals surface area contributed by atoms with Crippen molar-refractivity contribution in [1.82, 2.24) is 5.32 Å². The fraction of sp³-hybridized carbons (Fsp3) is 0.618. The topological polar surface area (TPSA) is 141 Å². The summed E-state index contributed by atoms with van der Waals surface area (Å²) < 4.78 is 21.3. The number of hydrogen-bond donors (Lipinski definition) is 1. The molecule has 6 saturated carbocycles. The average molecular weight is 899 g/mol. The van der Waals surface area contributed by atoms with Crippen molar-refractivity contribution in [2.75, 3.05) is 6.61 Å². The molecule has 0 spiro atoms. The zero-order chi connectivity index (χ0) is 49.0. The van der Waals surface area contributed by atoms with Gasteiger partial charge in [-0.25, -0.2) is 19.2 Å². The zero-order valence-electron chi connectivity index (χ0n) is 41.4. The van der Waals surface area contributed by atoms with Gasteiger partial charge in [-0.15, -0.1) is 0 Å². The second kappa shape index (κ2) is 27.0. The van der Waals surface area contributed by atoms with Gasteiger partial charge >= 0.3 is 23.9 Å². The van der Waals surface area contributed by atoms with Crippen molar-refractivity contribution < 1.29 is 38.1 Å². The van der Waals surface area contributed by atoms with E-state index in [4.69, 9.17) is 19.5 Å². The van der Waals surface area contributed by atoms with Crippen LogP contribution in [-0.4, -0.2) is 59.4 Å². The lowest BCUT2D eigenvalue weighted by Crippen LogP contribution is -2.59. The molecule has 8 rings (SSSR count). The average Bonchev–Trinajstić information content (AvgIpc) is 3.84. The van der Waals surface area contributed by atoms with Gasteiger partial charge in [0.2, 0.25) is 0 Å². The van der Waals surface area contributed by atoms with Gasteiger partial charge in [0.15, 0.2) is 0 Å². The van der Waals surface area contributed by atoms with Crippen LogP contribution in [0.25, 0.3) is 6.08 Å². The molecule has 3 atom stereocenters. The molecule has 1 N–H and O–H groups in total. The second-order valence-electron chi connectivity index (χ2n) is 20.3. The predicted octanol–water partition coefficient (Wildman–Crippen LogP) is 12.2. The van der Waals surface area contributed by atoms with E-state index in [1.165, 1.54) is 57.1 Å². The van der Waals surface area contributed by atoms with Gasteiger partial charge in [0.25, 0.3) is 0 Å². The summed E-state index contributed by atoms with van der Waals surface area (Å²) in [7, 11) is 0. The monoisotopic (exact) mass is 899 g/mol. The summed E-state index contributed by atoms with van der Waals surface area (Å²) in [6.07, 6.45) is 19.3. The number of esters is 4. The lowest BCUT2D eigenvalue weighted by molar-refractivity contribution is -0.182. The summed E-state index contributed by atoms with van der Waals surface area (Å²) >= 11 is 0. The van der Waals surface area contributed by atoms with Gasteiger partial charge in [-0.3, -0.25) is 0 Å². The third-order valence-electron chi connectivity index (χ3n) is 12.6. The van der Waals surface area contributed by atoms with Crippen LogP contribution < -0.4 is 5.32 Å². The van der Waals surface area contributed by atoms with Crippen molar-refractivity contribution in [3.05, 3.63) is 91.6 Å². The SMILES string of the molecule is C=C(C)C(=O)OC12CC3CC(CC(C3)C1)C2.C=C(C)C(=O)OC1CC(C)(C)NC(C)(C)C1.C=C(C)C(=O)OC1CC2CCC1C2.C=CC(=O)OCCCC.C=Cc1ccccc1.CC#N. The molecule has 360 valence electrons. The number of unbranched alkanes of at least 4 members (excludes halogenated alkanes) is 1. The van der Waals surface area contributed by atoms with Crippen LogP contribution in [0.5, 0.6) is 0 Å². The molecule has 1 saturated heterocycles. The van der Waals surface area contributed by atoms with Crippen LogP contribution in [0, 0.1) is 40.9 Å². The molecule has 0 amide bonds. The number of hydrogen-bond acceptors (Lipinski definition) is 10. The van der Waals surface area contributed by atoms with Crippen LogP contribution in [-0.2, 0) is 38.1 Å². The number of benzene rings is 1. The Morgan fingerprint density at radius 2 is 1.23 bits per heavy atom. The van der Waals surface area contributed by atoms with Crippen molar-refractivity contribution in [3.63, 3.8) is 0 Å². The van der Waals surface area contributed by atoms with Gasteiger partial charge in [0.05, 0.1) is 12.7 Å². The largest absolute Gasteiger partial charge is 0.463 e. The second-order valence-corrected chi connectivity index (χ2v) is 20.3. The van der Waals surface area contributed by atoms with Crippen LogP contribution in [0.2, 0.25) is 0 Å². The first-order chi connectivity index (χ1) is 30.5. The number of nitriles is 1. The van der Waals surface area contributed by atoms with Crippen molar-refractivity contribution in [3.8, 4) is 6.07 Å². The molecule has 1 aliphatic heterocycles. The highest BCUT2D eigenvalue weighted by Crippen LogP contribution is 2.57. The molecule has 65 heavy (non-hydrogen) atoms. The molecule has 7 aliphatic rings. The molecule has 0 aromatic heterocycles. The number of nitrogens with zero attached hydrogens (tertiary/aromatic N) is 1. The Balaban J connectivity index is 0.000000281. The van der Waals surface area contributed by atoms with E-state index in [9.17, 15) is 19.2 Å². The number of carbonyl (C=O) groups is 4. The fourth-order valence-electron chi connectivity index (χ4n) is 10.5. The Morgan fingerprint density at radius 3 is 1.62 bits per heavy atom. The standard InChI is InChI=1S/C14H20O2.C13H23NO2.C11H16O2.C8H8.C7H12O2.C2H3N/c1-9(2)13(15)16-14-6-10-3-11(7-14)5-12(4-10)8-14;1-9(2)11(15)16-10-7-12(3,4)14-13(5,6)8-10;1-7(2)11(12)13-10-6-8-3-4-9(10)5-8;1-2-8-6-4-3-5-7-8;1-3-5-6-9-7(8)4-2;1-2-3/h10-12H,1,3-8H2,2H3;10,14H,1,7-8H2,2-6H3;8-10H,1,3-6H2,2H3;2-7H,1H2;4H,2-3,5-6H2,1H3;1H3. The minimum Gasteiger partial charge on any atom is -0.463 e. The van der Waals surface area contributed by atoms with Gasteiger partial charge in [0, 0.05) is 53.6 Å². The van der Waals surface area contributed by atoms with Crippen LogP contribution >= 0.6 is 0 Å². The van der Waals surface area contributed by atoms with E-state index in [1.54, 1.807) is 26.8 Å². The minimum atomic E-state index is -0.330. The maximum atomic E-state index is 11.7. The molecule has 6 bridgehead atoms. The molecule has 6 aliphatic carbocycles. The van der Waals surface area contributed by atoms with Gasteiger partial charge in [0.1, 0.15) is 17.8 Å². The first-order valence-electron chi connectivity index (χ1n) is 23.7. The van der Waals surface area contributed by atoms with E-state index in [0.717, 1.165) is 75.0 Å². The number of fused-ring (bicyclic) bond motifs is 2. The molecule has 1 aromatic rings. The summed E-state index contributed by atoms with van der Waals surface area (Å²) in [4.78, 5) is 44.8. The maximum Gasteiger partial charge on any atom is 0.333 e. The van der Waals surface area contributed by atoms with E-state index in [0.29, 0.717) is 29.2 Å². The highest BCUT2D eigenvalue weighted by molar-refractivity contribution is 5.88. The van der Waals surface area contributed by atoms with Gasteiger partial charge < -0.3 is 24.3 Å². The fourth-order valence-corrected chi connectivity index (χ4v) is 10.5.